The fourth-order valence-electron chi connectivity index (χ4n) is 2.15. The van der Waals surface area contributed by atoms with E-state index in [1.807, 2.05) is 18.2 Å². The van der Waals surface area contributed by atoms with Crippen LogP contribution < -0.4 is 4.74 Å². The third kappa shape index (κ3) is 3.87. The first-order valence-corrected chi connectivity index (χ1v) is 6.74. The van der Waals surface area contributed by atoms with E-state index in [1.54, 1.807) is 13.2 Å². The quantitative estimate of drug-likeness (QED) is 0.759. The molecule has 0 fully saturated rings. The molecule has 116 valence electrons. The fraction of sp³-hybridized carbons (Fsp3) is 0.235. The van der Waals surface area contributed by atoms with E-state index in [1.165, 1.54) is 12.1 Å². The van der Waals surface area contributed by atoms with Crippen LogP contribution in [0.2, 0.25) is 0 Å². The summed E-state index contributed by atoms with van der Waals surface area (Å²) in [7, 11) is 1.55. The van der Waals surface area contributed by atoms with Gasteiger partial charge in [0.1, 0.15) is 5.75 Å². The van der Waals surface area contributed by atoms with Gasteiger partial charge in [-0.3, -0.25) is 4.79 Å². The van der Waals surface area contributed by atoms with Crippen molar-refractivity contribution < 1.29 is 22.7 Å². The molecule has 0 aromatic heterocycles. The highest BCUT2D eigenvalue weighted by Gasteiger charge is 2.30. The van der Waals surface area contributed by atoms with E-state index in [0.717, 1.165) is 17.7 Å². The SMILES string of the molecule is COc1ccccc1CCC(=O)c1ccc(C(F)(F)F)cc1. The Labute approximate surface area is 126 Å². The minimum Gasteiger partial charge on any atom is -0.496 e. The molecule has 0 spiro atoms. The number of hydrogen-bond acceptors (Lipinski definition) is 2. The first-order chi connectivity index (χ1) is 10.4. The molecule has 22 heavy (non-hydrogen) atoms. The summed E-state index contributed by atoms with van der Waals surface area (Å²) < 4.78 is 42.6. The average Bonchev–Trinajstić information content (AvgIpc) is 2.52. The minimum absolute atomic E-state index is 0.195. The molecule has 0 radical (unpaired) electrons. The highest BCUT2D eigenvalue weighted by atomic mass is 19.4. The van der Waals surface area contributed by atoms with Gasteiger partial charge in [0.15, 0.2) is 5.78 Å². The maximum atomic E-state index is 12.5. The highest BCUT2D eigenvalue weighted by molar-refractivity contribution is 5.96. The molecule has 0 saturated heterocycles. The molecule has 0 heterocycles. The van der Waals surface area contributed by atoms with Gasteiger partial charge in [0, 0.05) is 12.0 Å². The number of rotatable bonds is 5. The van der Waals surface area contributed by atoms with Crippen molar-refractivity contribution in [3.8, 4) is 5.75 Å². The van der Waals surface area contributed by atoms with E-state index in [9.17, 15) is 18.0 Å². The van der Waals surface area contributed by atoms with Crippen LogP contribution in [0.3, 0.4) is 0 Å². The lowest BCUT2D eigenvalue weighted by Gasteiger charge is -2.09. The maximum absolute atomic E-state index is 12.5. The molecule has 5 heteroatoms. The molecule has 2 nitrogen and oxygen atoms in total. The lowest BCUT2D eigenvalue weighted by atomic mass is 10.0. The summed E-state index contributed by atoms with van der Waals surface area (Å²) in [6.45, 7) is 0. The van der Waals surface area contributed by atoms with Gasteiger partial charge in [-0.05, 0) is 30.2 Å². The Kier molecular flexibility index (Phi) is 4.85. The molecule has 2 aromatic rings. The maximum Gasteiger partial charge on any atom is 0.416 e. The van der Waals surface area contributed by atoms with Gasteiger partial charge >= 0.3 is 6.18 Å². The number of carbonyl (C=O) groups is 1. The van der Waals surface area contributed by atoms with Crippen LogP contribution in [0, 0.1) is 0 Å². The minimum atomic E-state index is -4.39. The highest BCUT2D eigenvalue weighted by Crippen LogP contribution is 2.29. The average molecular weight is 308 g/mol. The van der Waals surface area contributed by atoms with Gasteiger partial charge in [0.05, 0.1) is 12.7 Å². The van der Waals surface area contributed by atoms with Crippen LogP contribution in [0.4, 0.5) is 13.2 Å². The van der Waals surface area contributed by atoms with Crippen molar-refractivity contribution in [2.75, 3.05) is 7.11 Å². The second-order valence-electron chi connectivity index (χ2n) is 4.81. The zero-order chi connectivity index (χ0) is 16.2. The van der Waals surface area contributed by atoms with Crippen LogP contribution in [-0.2, 0) is 12.6 Å². The third-order valence-electron chi connectivity index (χ3n) is 3.35. The predicted octanol–water partition coefficient (Wildman–Crippen LogP) is 4.53. The van der Waals surface area contributed by atoms with Gasteiger partial charge in [-0.15, -0.1) is 0 Å². The van der Waals surface area contributed by atoms with E-state index in [4.69, 9.17) is 4.74 Å². The number of ether oxygens (including phenoxy) is 1. The number of halogens is 3. The first kappa shape index (κ1) is 16.1. The molecule has 0 aliphatic carbocycles. The molecule has 0 aliphatic heterocycles. The Balaban J connectivity index is 2.03. The lowest BCUT2D eigenvalue weighted by molar-refractivity contribution is -0.137. The van der Waals surface area contributed by atoms with Crippen LogP contribution in [0.25, 0.3) is 0 Å². The number of methoxy groups -OCH3 is 1. The zero-order valence-corrected chi connectivity index (χ0v) is 12.0. The molecule has 0 bridgehead atoms. The summed E-state index contributed by atoms with van der Waals surface area (Å²) in [5.41, 5.74) is 0.418. The summed E-state index contributed by atoms with van der Waals surface area (Å²) in [6.07, 6.45) is -3.70. The number of hydrogen-bond donors (Lipinski definition) is 0. The Bertz CT molecular complexity index is 646. The number of ketones is 1. The van der Waals surface area contributed by atoms with Crippen molar-refractivity contribution in [3.63, 3.8) is 0 Å². The van der Waals surface area contributed by atoms with Crippen molar-refractivity contribution in [1.29, 1.82) is 0 Å². The van der Waals surface area contributed by atoms with Crippen LogP contribution in [0.15, 0.2) is 48.5 Å². The number of aryl methyl sites for hydroxylation is 1. The molecule has 0 atom stereocenters. The number of carbonyl (C=O) groups excluding carboxylic acids is 1. The topological polar surface area (TPSA) is 26.3 Å². The predicted molar refractivity (Wildman–Crippen MR) is 77.1 cm³/mol. The standard InChI is InChI=1S/C17H15F3O2/c1-22-16-5-3-2-4-13(16)8-11-15(21)12-6-9-14(10-7-12)17(18,19)20/h2-7,9-10H,8,11H2,1H3. The number of alkyl halides is 3. The Morgan fingerprint density at radius 1 is 1.05 bits per heavy atom. The first-order valence-electron chi connectivity index (χ1n) is 6.74. The number of Topliss-reactive ketones (excluding diaryl/α,β-unsaturated/α-hetero) is 1. The summed E-state index contributed by atoms with van der Waals surface area (Å²) in [5, 5.41) is 0. The number of benzene rings is 2. The van der Waals surface area contributed by atoms with Crippen molar-refractivity contribution >= 4 is 5.78 Å². The fourth-order valence-corrected chi connectivity index (χ4v) is 2.15. The molecule has 0 saturated carbocycles. The van der Waals surface area contributed by atoms with E-state index in [0.29, 0.717) is 12.2 Å². The second-order valence-corrected chi connectivity index (χ2v) is 4.81. The summed E-state index contributed by atoms with van der Waals surface area (Å²) in [4.78, 5) is 12.1. The molecule has 2 aromatic carbocycles. The van der Waals surface area contributed by atoms with Crippen LogP contribution in [0.5, 0.6) is 5.75 Å². The largest absolute Gasteiger partial charge is 0.496 e. The smallest absolute Gasteiger partial charge is 0.416 e. The van der Waals surface area contributed by atoms with Gasteiger partial charge in [0.25, 0.3) is 0 Å². The summed E-state index contributed by atoms with van der Waals surface area (Å²) in [6, 6.07) is 11.6. The molecular weight excluding hydrogens is 293 g/mol. The van der Waals surface area contributed by atoms with Gasteiger partial charge in [0.2, 0.25) is 0 Å². The molecule has 0 N–H and O–H groups in total. The van der Waals surface area contributed by atoms with Crippen molar-refractivity contribution in [3.05, 3.63) is 65.2 Å². The molecular formula is C17H15F3O2. The van der Waals surface area contributed by atoms with Gasteiger partial charge in [-0.25, -0.2) is 0 Å². The van der Waals surface area contributed by atoms with E-state index in [2.05, 4.69) is 0 Å². The van der Waals surface area contributed by atoms with Crippen molar-refractivity contribution in [2.45, 2.75) is 19.0 Å². The van der Waals surface area contributed by atoms with Gasteiger partial charge in [-0.1, -0.05) is 30.3 Å². The van der Waals surface area contributed by atoms with Gasteiger partial charge < -0.3 is 4.74 Å². The third-order valence-corrected chi connectivity index (χ3v) is 3.35. The van der Waals surface area contributed by atoms with Crippen molar-refractivity contribution in [1.82, 2.24) is 0 Å². The summed E-state index contributed by atoms with van der Waals surface area (Å²) in [5.74, 6) is 0.502. The van der Waals surface area contributed by atoms with E-state index < -0.39 is 11.7 Å². The molecule has 0 aliphatic rings. The molecule has 0 amide bonds. The molecule has 0 unspecified atom stereocenters. The van der Waals surface area contributed by atoms with Gasteiger partial charge in [-0.2, -0.15) is 13.2 Å². The molecule has 2 rings (SSSR count). The van der Waals surface area contributed by atoms with Crippen LogP contribution in [0.1, 0.15) is 27.9 Å². The zero-order valence-electron chi connectivity index (χ0n) is 12.0. The second kappa shape index (κ2) is 6.64. The Hall–Kier alpha value is -2.30. The number of para-hydroxylation sites is 1. The monoisotopic (exact) mass is 308 g/mol. The van der Waals surface area contributed by atoms with Crippen LogP contribution >= 0.6 is 0 Å². The van der Waals surface area contributed by atoms with E-state index >= 15 is 0 Å². The van der Waals surface area contributed by atoms with Crippen molar-refractivity contribution in [2.24, 2.45) is 0 Å². The van der Waals surface area contributed by atoms with E-state index in [-0.39, 0.29) is 17.8 Å². The summed E-state index contributed by atoms with van der Waals surface area (Å²) >= 11 is 0. The Morgan fingerprint density at radius 2 is 1.68 bits per heavy atom. The Morgan fingerprint density at radius 3 is 2.27 bits per heavy atom. The lowest BCUT2D eigenvalue weighted by Crippen LogP contribution is -2.06. The van der Waals surface area contributed by atoms with Crippen LogP contribution in [-0.4, -0.2) is 12.9 Å². The normalized spacial score (nSPS) is 11.3.